The van der Waals surface area contributed by atoms with E-state index in [2.05, 4.69) is 5.32 Å². The van der Waals surface area contributed by atoms with Gasteiger partial charge in [0.25, 0.3) is 0 Å². The zero-order valence-electron chi connectivity index (χ0n) is 16.6. The lowest BCUT2D eigenvalue weighted by Crippen LogP contribution is -2.40. The van der Waals surface area contributed by atoms with E-state index < -0.39 is 11.4 Å². The highest BCUT2D eigenvalue weighted by Crippen LogP contribution is 2.48. The van der Waals surface area contributed by atoms with E-state index in [4.69, 9.17) is 9.47 Å². The third kappa shape index (κ3) is 4.20. The standard InChI is InChI=1S/C20H28N2O5.ClH/c1-13(16-9-15(26-2)6-7-17(16)27-3)21-18(23)11-22-10-14-5-4-8-20(14,12-22)19(24)25;/h6-7,9,13-14H,4-5,8,10-12H2,1-3H3,(H,21,23)(H,24,25);1H/t13?,14-,20+;/m0./s1. The first-order chi connectivity index (χ1) is 12.9. The number of carboxylic acid groups (broad SMARTS) is 1. The second-order valence-corrected chi connectivity index (χ2v) is 7.62. The zero-order chi connectivity index (χ0) is 19.6. The SMILES string of the molecule is COc1ccc(OC)c(C(C)NC(=O)CN2C[C@@H]3CCC[C@@]3(C(=O)O)C2)c1.Cl. The van der Waals surface area contributed by atoms with Crippen LogP contribution in [0.1, 0.15) is 37.8 Å². The van der Waals surface area contributed by atoms with Gasteiger partial charge in [-0.05, 0) is 43.9 Å². The number of carboxylic acids is 1. The Morgan fingerprint density at radius 1 is 1.36 bits per heavy atom. The Bertz CT molecular complexity index is 729. The minimum absolute atomic E-state index is 0. The van der Waals surface area contributed by atoms with E-state index in [1.165, 1.54) is 0 Å². The van der Waals surface area contributed by atoms with Crippen LogP contribution >= 0.6 is 12.4 Å². The van der Waals surface area contributed by atoms with Gasteiger partial charge in [0.15, 0.2) is 0 Å². The van der Waals surface area contributed by atoms with Crippen LogP contribution in [0.15, 0.2) is 18.2 Å². The Kier molecular flexibility index (Phi) is 7.17. The highest BCUT2D eigenvalue weighted by molar-refractivity contribution is 5.85. The molecule has 156 valence electrons. The second kappa shape index (κ2) is 9.01. The molecule has 0 aromatic heterocycles. The van der Waals surface area contributed by atoms with Crippen molar-refractivity contribution in [1.29, 1.82) is 0 Å². The van der Waals surface area contributed by atoms with Crippen LogP contribution in [0.3, 0.4) is 0 Å². The van der Waals surface area contributed by atoms with Crippen molar-refractivity contribution in [3.05, 3.63) is 23.8 Å². The lowest BCUT2D eigenvalue weighted by Gasteiger charge is -2.24. The fraction of sp³-hybridized carbons (Fsp3) is 0.600. The van der Waals surface area contributed by atoms with Gasteiger partial charge in [-0.3, -0.25) is 14.5 Å². The molecule has 0 spiro atoms. The second-order valence-electron chi connectivity index (χ2n) is 7.62. The molecule has 2 fully saturated rings. The van der Waals surface area contributed by atoms with Crippen LogP contribution in [0.2, 0.25) is 0 Å². The molecule has 7 nitrogen and oxygen atoms in total. The first-order valence-corrected chi connectivity index (χ1v) is 9.36. The maximum Gasteiger partial charge on any atom is 0.311 e. The average Bonchev–Trinajstić information content (AvgIpc) is 3.18. The van der Waals surface area contributed by atoms with Crippen molar-refractivity contribution in [2.45, 2.75) is 32.2 Å². The van der Waals surface area contributed by atoms with E-state index in [0.29, 0.717) is 31.0 Å². The summed E-state index contributed by atoms with van der Waals surface area (Å²) in [6, 6.07) is 5.22. The quantitative estimate of drug-likeness (QED) is 0.715. The Balaban J connectivity index is 0.00000280. The summed E-state index contributed by atoms with van der Waals surface area (Å²) in [5, 5.41) is 12.7. The van der Waals surface area contributed by atoms with Gasteiger partial charge < -0.3 is 19.9 Å². The van der Waals surface area contributed by atoms with Crippen LogP contribution in [-0.2, 0) is 9.59 Å². The van der Waals surface area contributed by atoms with Crippen molar-refractivity contribution in [1.82, 2.24) is 10.2 Å². The van der Waals surface area contributed by atoms with E-state index in [1.807, 2.05) is 30.0 Å². The number of carbonyl (C=O) groups is 2. The van der Waals surface area contributed by atoms with Crippen LogP contribution in [0, 0.1) is 11.3 Å². The van der Waals surface area contributed by atoms with Crippen LogP contribution in [-0.4, -0.2) is 55.7 Å². The highest BCUT2D eigenvalue weighted by Gasteiger charge is 2.54. The third-order valence-electron chi connectivity index (χ3n) is 6.02. The van der Waals surface area contributed by atoms with Gasteiger partial charge in [0.05, 0.1) is 32.2 Å². The molecule has 1 amide bonds. The summed E-state index contributed by atoms with van der Waals surface area (Å²) < 4.78 is 10.6. The van der Waals surface area contributed by atoms with E-state index >= 15 is 0 Å². The molecule has 1 aliphatic heterocycles. The number of ether oxygens (including phenoxy) is 2. The molecule has 0 radical (unpaired) electrons. The topological polar surface area (TPSA) is 88.1 Å². The molecule has 3 rings (SSSR count). The molecule has 28 heavy (non-hydrogen) atoms. The smallest absolute Gasteiger partial charge is 0.311 e. The van der Waals surface area contributed by atoms with Crippen LogP contribution in [0.5, 0.6) is 11.5 Å². The maximum absolute atomic E-state index is 12.6. The Morgan fingerprint density at radius 3 is 2.71 bits per heavy atom. The Labute approximate surface area is 171 Å². The number of hydrogen-bond donors (Lipinski definition) is 2. The summed E-state index contributed by atoms with van der Waals surface area (Å²) in [6.07, 6.45) is 2.61. The summed E-state index contributed by atoms with van der Waals surface area (Å²) in [5.74, 6) is 0.695. The molecule has 1 aromatic rings. The summed E-state index contributed by atoms with van der Waals surface area (Å²) in [4.78, 5) is 26.3. The number of fused-ring (bicyclic) bond motifs is 1. The Hall–Kier alpha value is -1.99. The molecule has 8 heteroatoms. The van der Waals surface area contributed by atoms with Crippen LogP contribution in [0.4, 0.5) is 0 Å². The number of methoxy groups -OCH3 is 2. The number of amides is 1. The van der Waals surface area contributed by atoms with E-state index in [9.17, 15) is 14.7 Å². The van der Waals surface area contributed by atoms with E-state index in [0.717, 1.165) is 18.4 Å². The highest BCUT2D eigenvalue weighted by atomic mass is 35.5. The molecule has 1 aromatic carbocycles. The van der Waals surface area contributed by atoms with Gasteiger partial charge in [-0.1, -0.05) is 6.42 Å². The fourth-order valence-corrected chi connectivity index (χ4v) is 4.61. The predicted molar refractivity (Wildman–Crippen MR) is 107 cm³/mol. The number of halogens is 1. The monoisotopic (exact) mass is 412 g/mol. The van der Waals surface area contributed by atoms with Crippen molar-refractivity contribution in [2.75, 3.05) is 33.9 Å². The van der Waals surface area contributed by atoms with Crippen LogP contribution in [0.25, 0.3) is 0 Å². The van der Waals surface area contributed by atoms with Crippen molar-refractivity contribution < 1.29 is 24.2 Å². The van der Waals surface area contributed by atoms with Crippen LogP contribution < -0.4 is 14.8 Å². The van der Waals surface area contributed by atoms with Crippen molar-refractivity contribution in [3.8, 4) is 11.5 Å². The fourth-order valence-electron chi connectivity index (χ4n) is 4.61. The summed E-state index contributed by atoms with van der Waals surface area (Å²) in [5.41, 5.74) is 0.174. The van der Waals surface area contributed by atoms with E-state index in [1.54, 1.807) is 14.2 Å². The van der Waals surface area contributed by atoms with Gasteiger partial charge in [0.2, 0.25) is 5.91 Å². The molecule has 3 atom stereocenters. The molecule has 1 saturated carbocycles. The number of nitrogens with zero attached hydrogens (tertiary/aromatic N) is 1. The van der Waals surface area contributed by atoms with Gasteiger partial charge in [0.1, 0.15) is 11.5 Å². The minimum atomic E-state index is -0.720. The average molecular weight is 413 g/mol. The van der Waals surface area contributed by atoms with Crippen molar-refractivity contribution >= 4 is 24.3 Å². The van der Waals surface area contributed by atoms with Gasteiger partial charge in [0, 0.05) is 18.7 Å². The molecular formula is C20H29ClN2O5. The maximum atomic E-state index is 12.6. The van der Waals surface area contributed by atoms with Gasteiger partial charge >= 0.3 is 5.97 Å². The number of hydrogen-bond acceptors (Lipinski definition) is 5. The minimum Gasteiger partial charge on any atom is -0.497 e. The van der Waals surface area contributed by atoms with Crippen molar-refractivity contribution in [3.63, 3.8) is 0 Å². The lowest BCUT2D eigenvalue weighted by atomic mass is 9.81. The van der Waals surface area contributed by atoms with Crippen molar-refractivity contribution in [2.24, 2.45) is 11.3 Å². The van der Waals surface area contributed by atoms with Gasteiger partial charge in [-0.25, -0.2) is 0 Å². The number of carbonyl (C=O) groups excluding carboxylic acids is 1. The molecule has 1 unspecified atom stereocenters. The normalized spacial score (nSPS) is 24.8. The molecule has 0 bridgehead atoms. The first kappa shape index (κ1) is 22.3. The number of aliphatic carboxylic acids is 1. The zero-order valence-corrected chi connectivity index (χ0v) is 17.4. The number of benzene rings is 1. The lowest BCUT2D eigenvalue weighted by molar-refractivity contribution is -0.149. The molecule has 1 aliphatic carbocycles. The molecule has 2 aliphatic rings. The predicted octanol–water partition coefficient (Wildman–Crippen LogP) is 2.49. The molecular weight excluding hydrogens is 384 g/mol. The number of nitrogens with one attached hydrogen (secondary N) is 1. The Morgan fingerprint density at radius 2 is 2.11 bits per heavy atom. The van der Waals surface area contributed by atoms with Gasteiger partial charge in [-0.15, -0.1) is 12.4 Å². The van der Waals surface area contributed by atoms with E-state index in [-0.39, 0.29) is 36.8 Å². The summed E-state index contributed by atoms with van der Waals surface area (Å²) in [7, 11) is 3.19. The first-order valence-electron chi connectivity index (χ1n) is 9.36. The summed E-state index contributed by atoms with van der Waals surface area (Å²) in [6.45, 7) is 3.24. The molecule has 2 N–H and O–H groups in total. The number of rotatable bonds is 7. The van der Waals surface area contributed by atoms with Gasteiger partial charge in [-0.2, -0.15) is 0 Å². The molecule has 1 saturated heterocycles. The molecule has 1 heterocycles. The largest absolute Gasteiger partial charge is 0.497 e. The third-order valence-corrected chi connectivity index (χ3v) is 6.02. The number of likely N-dealkylation sites (tertiary alicyclic amines) is 1. The summed E-state index contributed by atoms with van der Waals surface area (Å²) >= 11 is 0.